The summed E-state index contributed by atoms with van der Waals surface area (Å²) >= 11 is 6.37. The number of pyridine rings is 1. The number of aliphatic carboxylic acids is 2. The molecule has 0 saturated carbocycles. The number of alkyl halides is 6. The number of nitrogens with zero attached hydrogens (tertiary/aromatic N) is 6. The minimum absolute atomic E-state index is 0.0317. The summed E-state index contributed by atoms with van der Waals surface area (Å²) in [5.41, 5.74) is 4.85. The number of carbonyl (C=O) groups is 4. The fourth-order valence-corrected chi connectivity index (χ4v) is 5.39. The first-order valence-corrected chi connectivity index (χ1v) is 16.5. The maximum atomic E-state index is 13.1. The molecule has 5 N–H and O–H groups in total. The number of hydrogen-bond acceptors (Lipinski definition) is 10. The van der Waals surface area contributed by atoms with Gasteiger partial charge in [-0.05, 0) is 73.1 Å². The summed E-state index contributed by atoms with van der Waals surface area (Å²) in [6.45, 7) is 1.24. The molecule has 0 unspecified atom stereocenters. The summed E-state index contributed by atoms with van der Waals surface area (Å²) in [6.07, 6.45) is 0.0963. The van der Waals surface area contributed by atoms with Gasteiger partial charge in [0.2, 0.25) is 11.9 Å². The maximum absolute atomic E-state index is 13.1. The number of aromatic nitrogens is 5. The molecule has 2 aliphatic rings. The van der Waals surface area contributed by atoms with Crippen molar-refractivity contribution < 1.29 is 55.7 Å². The maximum Gasteiger partial charge on any atom is 0.490 e. The summed E-state index contributed by atoms with van der Waals surface area (Å²) in [4.78, 5) is 58.6. The predicted octanol–water partition coefficient (Wildman–Crippen LogP) is 5.99. The van der Waals surface area contributed by atoms with Crippen molar-refractivity contribution in [1.29, 1.82) is 0 Å². The third kappa shape index (κ3) is 12.5. The van der Waals surface area contributed by atoms with Gasteiger partial charge in [0.1, 0.15) is 10.7 Å². The van der Waals surface area contributed by atoms with Crippen LogP contribution in [0.5, 0.6) is 0 Å². The van der Waals surface area contributed by atoms with Gasteiger partial charge < -0.3 is 31.1 Å². The first kappa shape index (κ1) is 41.8. The average Bonchev–Trinajstić information content (AvgIpc) is 3.55. The van der Waals surface area contributed by atoms with Gasteiger partial charge in [0.05, 0.1) is 18.1 Å². The molecule has 0 atom stereocenters. The van der Waals surface area contributed by atoms with Gasteiger partial charge in [-0.2, -0.15) is 36.4 Å². The van der Waals surface area contributed by atoms with Crippen molar-refractivity contribution in [3.63, 3.8) is 0 Å². The SMILES string of the molecule is Cn1ccc(C(=O)N2CCC(CC(=O)Nc3ccc4cc3CCc3cncc(c3)Nc3ncc(Cl)c(n3)N4)CC2)n1.O=C(O)C(F)(F)F.O=C(O)C(F)(F)F. The highest BCUT2D eigenvalue weighted by molar-refractivity contribution is 6.32. The Morgan fingerprint density at radius 3 is 2.16 bits per heavy atom. The van der Waals surface area contributed by atoms with E-state index in [1.54, 1.807) is 36.4 Å². The summed E-state index contributed by atoms with van der Waals surface area (Å²) < 4.78 is 65.1. The van der Waals surface area contributed by atoms with Crippen LogP contribution in [-0.4, -0.2) is 89.0 Å². The van der Waals surface area contributed by atoms with E-state index in [-0.39, 0.29) is 17.7 Å². The fourth-order valence-electron chi connectivity index (χ4n) is 5.25. The van der Waals surface area contributed by atoms with Crippen LogP contribution < -0.4 is 16.0 Å². The Morgan fingerprint density at radius 2 is 1.56 bits per heavy atom. The molecule has 2 aliphatic heterocycles. The fraction of sp³-hybridized carbons (Fsp3) is 0.333. The zero-order valence-electron chi connectivity index (χ0n) is 28.6. The molecule has 55 heavy (non-hydrogen) atoms. The Labute approximate surface area is 312 Å². The summed E-state index contributed by atoms with van der Waals surface area (Å²) in [7, 11) is 1.80. The molecule has 6 rings (SSSR count). The van der Waals surface area contributed by atoms with Crippen molar-refractivity contribution in [2.24, 2.45) is 13.0 Å². The molecular formula is C33H32ClF6N9O6. The van der Waals surface area contributed by atoms with Crippen LogP contribution >= 0.6 is 11.6 Å². The van der Waals surface area contributed by atoms with Crippen molar-refractivity contribution in [3.05, 3.63) is 77.0 Å². The molecule has 1 fully saturated rings. The number of aryl methyl sites for hydroxylation is 3. The molecule has 0 radical (unpaired) electrons. The van der Waals surface area contributed by atoms with Crippen molar-refractivity contribution in [1.82, 2.24) is 29.6 Å². The zero-order chi connectivity index (χ0) is 40.5. The number of carboxylic acids is 2. The van der Waals surface area contributed by atoms with Crippen molar-refractivity contribution >= 4 is 64.2 Å². The summed E-state index contributed by atoms with van der Waals surface area (Å²) in [5.74, 6) is -4.51. The Bertz CT molecular complexity index is 2000. The molecule has 4 aromatic rings. The van der Waals surface area contributed by atoms with E-state index in [1.807, 2.05) is 35.4 Å². The zero-order valence-corrected chi connectivity index (χ0v) is 29.3. The lowest BCUT2D eigenvalue weighted by atomic mass is 9.93. The van der Waals surface area contributed by atoms with E-state index in [1.165, 1.54) is 0 Å². The standard InChI is InChI=1S/C29H30ClN9O2.2C2HF3O2/c1-38-9-8-25(37-38)28(41)39-10-6-18(7-11-39)13-26(40)35-24-5-4-21-14-20(24)3-2-19-12-22(16-31-15-19)34-29-32-17-23(30)27(33-21)36-29;2*3-2(4,5)1(6)7/h4-5,8-9,12,14-18H,2-3,6-7,10-11,13H2,1H3,(H,35,40)(H2,32,33,34,36);2*(H,6,7). The second kappa shape index (κ2) is 17.9. The molecular weight excluding hydrogens is 768 g/mol. The van der Waals surface area contributed by atoms with Gasteiger partial charge in [-0.15, -0.1) is 0 Å². The molecule has 294 valence electrons. The second-order valence-electron chi connectivity index (χ2n) is 12.1. The number of carboxylic acid groups (broad SMARTS) is 2. The number of rotatable bonds is 4. The minimum Gasteiger partial charge on any atom is -0.475 e. The summed E-state index contributed by atoms with van der Waals surface area (Å²) in [5, 5.41) is 28.5. The molecule has 6 bridgehead atoms. The normalized spacial score (nSPS) is 14.1. The Morgan fingerprint density at radius 1 is 0.909 bits per heavy atom. The van der Waals surface area contributed by atoms with E-state index in [4.69, 9.17) is 31.4 Å². The van der Waals surface area contributed by atoms with Crippen LogP contribution in [-0.2, 0) is 34.3 Å². The van der Waals surface area contributed by atoms with Crippen LogP contribution in [0.2, 0.25) is 5.02 Å². The number of amides is 2. The van der Waals surface area contributed by atoms with Crippen LogP contribution in [0, 0.1) is 5.92 Å². The lowest BCUT2D eigenvalue weighted by Gasteiger charge is -2.31. The van der Waals surface area contributed by atoms with Crippen molar-refractivity contribution in [2.75, 3.05) is 29.0 Å². The van der Waals surface area contributed by atoms with E-state index < -0.39 is 24.3 Å². The molecule has 1 saturated heterocycles. The molecule has 5 heterocycles. The van der Waals surface area contributed by atoms with Gasteiger partial charge in [-0.3, -0.25) is 19.3 Å². The highest BCUT2D eigenvalue weighted by Gasteiger charge is 2.39. The smallest absolute Gasteiger partial charge is 0.475 e. The molecule has 22 heteroatoms. The number of carbonyl (C=O) groups excluding carboxylic acids is 2. The van der Waals surface area contributed by atoms with Gasteiger partial charge >= 0.3 is 24.3 Å². The van der Waals surface area contributed by atoms with Crippen LogP contribution in [0.1, 0.15) is 40.9 Å². The molecule has 3 aromatic heterocycles. The highest BCUT2D eigenvalue weighted by atomic mass is 35.5. The molecule has 0 aliphatic carbocycles. The molecule has 1 aromatic carbocycles. The van der Waals surface area contributed by atoms with Crippen molar-refractivity contribution in [2.45, 2.75) is 44.5 Å². The topological polar surface area (TPSA) is 205 Å². The van der Waals surface area contributed by atoms with Crippen LogP contribution in [0.3, 0.4) is 0 Å². The number of anilines is 5. The molecule has 2 amide bonds. The predicted molar refractivity (Wildman–Crippen MR) is 184 cm³/mol. The number of nitrogens with one attached hydrogen (secondary N) is 3. The summed E-state index contributed by atoms with van der Waals surface area (Å²) in [6, 6.07) is 9.57. The lowest BCUT2D eigenvalue weighted by Crippen LogP contribution is -2.39. The van der Waals surface area contributed by atoms with Gasteiger partial charge in [0, 0.05) is 50.3 Å². The average molecular weight is 800 g/mol. The Balaban J connectivity index is 0.000000410. The number of likely N-dealkylation sites (tertiary alicyclic amines) is 1. The quantitative estimate of drug-likeness (QED) is 0.151. The monoisotopic (exact) mass is 799 g/mol. The molecule has 15 nitrogen and oxygen atoms in total. The number of halogens is 7. The largest absolute Gasteiger partial charge is 0.490 e. The number of fused-ring (bicyclic) bond motifs is 6. The van der Waals surface area contributed by atoms with E-state index in [9.17, 15) is 35.9 Å². The first-order valence-electron chi connectivity index (χ1n) is 16.1. The van der Waals surface area contributed by atoms with E-state index in [2.05, 4.69) is 36.0 Å². The Kier molecular flexibility index (Phi) is 13.6. The number of piperidine rings is 1. The Hall–Kier alpha value is -5.99. The minimum atomic E-state index is -5.08. The third-order valence-electron chi connectivity index (χ3n) is 7.91. The van der Waals surface area contributed by atoms with Gasteiger partial charge in [-0.25, -0.2) is 14.6 Å². The van der Waals surface area contributed by atoms with Gasteiger partial charge in [0.15, 0.2) is 5.82 Å². The van der Waals surface area contributed by atoms with Gasteiger partial charge in [-0.1, -0.05) is 11.6 Å². The third-order valence-corrected chi connectivity index (χ3v) is 8.19. The second-order valence-corrected chi connectivity index (χ2v) is 12.5. The van der Waals surface area contributed by atoms with Crippen LogP contribution in [0.4, 0.5) is 55.2 Å². The van der Waals surface area contributed by atoms with E-state index in [0.717, 1.165) is 47.5 Å². The van der Waals surface area contributed by atoms with Crippen molar-refractivity contribution in [3.8, 4) is 0 Å². The lowest BCUT2D eigenvalue weighted by molar-refractivity contribution is -0.193. The molecule has 0 spiro atoms. The number of hydrogen-bond donors (Lipinski definition) is 5. The van der Waals surface area contributed by atoms with Crippen LogP contribution in [0.25, 0.3) is 0 Å². The van der Waals surface area contributed by atoms with E-state index >= 15 is 0 Å². The van der Waals surface area contributed by atoms with Crippen LogP contribution in [0.15, 0.2) is 55.1 Å². The van der Waals surface area contributed by atoms with Gasteiger partial charge in [0.25, 0.3) is 5.91 Å². The first-order chi connectivity index (χ1) is 25.8. The van der Waals surface area contributed by atoms with E-state index in [0.29, 0.717) is 48.4 Å². The highest BCUT2D eigenvalue weighted by Crippen LogP contribution is 2.30. The number of benzene rings is 1.